The fraction of sp³-hybridized carbons (Fsp3) is 0.133. The molecule has 1 aromatic heterocycles. The van der Waals surface area contributed by atoms with Crippen molar-refractivity contribution in [2.45, 2.75) is 13.3 Å². The lowest BCUT2D eigenvalue weighted by atomic mass is 10.2. The van der Waals surface area contributed by atoms with Crippen molar-refractivity contribution >= 4 is 34.8 Å². The van der Waals surface area contributed by atoms with E-state index in [0.29, 0.717) is 16.4 Å². The average Bonchev–Trinajstić information content (AvgIpc) is 3.01. The number of benzene rings is 1. The summed E-state index contributed by atoms with van der Waals surface area (Å²) in [6.45, 7) is 1.64. The van der Waals surface area contributed by atoms with Gasteiger partial charge in [-0.2, -0.15) is 5.10 Å². The van der Waals surface area contributed by atoms with E-state index in [2.05, 4.69) is 15.8 Å². The SMILES string of the molecule is C/C(CC(=O)Nc1ccc(Cl)cc1)=N\NC(=O)c1ccco1. The van der Waals surface area contributed by atoms with Gasteiger partial charge in [0.15, 0.2) is 5.76 Å². The highest BCUT2D eigenvalue weighted by molar-refractivity contribution is 6.30. The van der Waals surface area contributed by atoms with E-state index in [1.807, 2.05) is 0 Å². The molecule has 6 nitrogen and oxygen atoms in total. The van der Waals surface area contributed by atoms with Crippen LogP contribution in [0.2, 0.25) is 5.02 Å². The van der Waals surface area contributed by atoms with Crippen LogP contribution in [0.25, 0.3) is 0 Å². The number of halogens is 1. The first-order valence-corrected chi connectivity index (χ1v) is 6.85. The number of nitrogens with one attached hydrogen (secondary N) is 2. The summed E-state index contributed by atoms with van der Waals surface area (Å²) in [5.74, 6) is -0.555. The summed E-state index contributed by atoms with van der Waals surface area (Å²) in [6, 6.07) is 9.89. The summed E-state index contributed by atoms with van der Waals surface area (Å²) in [4.78, 5) is 23.4. The monoisotopic (exact) mass is 319 g/mol. The maximum absolute atomic E-state index is 11.8. The first-order chi connectivity index (χ1) is 10.5. The van der Waals surface area contributed by atoms with Gasteiger partial charge in [0.05, 0.1) is 12.7 Å². The molecule has 2 amide bonds. The van der Waals surface area contributed by atoms with Gasteiger partial charge < -0.3 is 9.73 Å². The average molecular weight is 320 g/mol. The second kappa shape index (κ2) is 7.42. The van der Waals surface area contributed by atoms with Crippen LogP contribution in [0.3, 0.4) is 0 Å². The zero-order valence-corrected chi connectivity index (χ0v) is 12.6. The zero-order valence-electron chi connectivity index (χ0n) is 11.8. The van der Waals surface area contributed by atoms with E-state index in [9.17, 15) is 9.59 Å². The van der Waals surface area contributed by atoms with Gasteiger partial charge in [0.2, 0.25) is 5.91 Å². The third-order valence-electron chi connectivity index (χ3n) is 2.64. The lowest BCUT2D eigenvalue weighted by Crippen LogP contribution is -2.21. The molecule has 0 bridgehead atoms. The van der Waals surface area contributed by atoms with E-state index in [-0.39, 0.29) is 18.1 Å². The van der Waals surface area contributed by atoms with Crippen LogP contribution in [0.4, 0.5) is 5.69 Å². The van der Waals surface area contributed by atoms with Crippen LogP contribution in [0.15, 0.2) is 52.2 Å². The summed E-state index contributed by atoms with van der Waals surface area (Å²) in [5, 5.41) is 7.15. The molecule has 0 aliphatic rings. The quantitative estimate of drug-likeness (QED) is 0.656. The molecular formula is C15H14ClN3O3. The first kappa shape index (κ1) is 15.8. The fourth-order valence-electron chi connectivity index (χ4n) is 1.62. The smallest absolute Gasteiger partial charge is 0.307 e. The summed E-state index contributed by atoms with van der Waals surface area (Å²) in [7, 11) is 0. The predicted octanol–water partition coefficient (Wildman–Crippen LogP) is 3.07. The van der Waals surface area contributed by atoms with E-state index in [1.54, 1.807) is 37.3 Å². The molecule has 0 saturated carbocycles. The molecule has 114 valence electrons. The van der Waals surface area contributed by atoms with Crippen LogP contribution >= 0.6 is 11.6 Å². The highest BCUT2D eigenvalue weighted by Crippen LogP contribution is 2.13. The lowest BCUT2D eigenvalue weighted by molar-refractivity contribution is -0.115. The number of hydrazone groups is 1. The second-order valence-electron chi connectivity index (χ2n) is 4.50. The van der Waals surface area contributed by atoms with Gasteiger partial charge >= 0.3 is 5.91 Å². The number of carbonyl (C=O) groups is 2. The van der Waals surface area contributed by atoms with Gasteiger partial charge in [0, 0.05) is 16.4 Å². The Bertz CT molecular complexity index is 679. The molecule has 2 aromatic rings. The van der Waals surface area contributed by atoms with Gasteiger partial charge in [-0.05, 0) is 43.3 Å². The van der Waals surface area contributed by atoms with Crippen molar-refractivity contribution < 1.29 is 14.0 Å². The molecule has 0 aliphatic heterocycles. The van der Waals surface area contributed by atoms with Gasteiger partial charge in [-0.25, -0.2) is 5.43 Å². The van der Waals surface area contributed by atoms with E-state index in [0.717, 1.165) is 0 Å². The van der Waals surface area contributed by atoms with Crippen molar-refractivity contribution in [3.05, 3.63) is 53.4 Å². The summed E-state index contributed by atoms with van der Waals surface area (Å²) in [5.41, 5.74) is 3.42. The number of amides is 2. The largest absolute Gasteiger partial charge is 0.459 e. The topological polar surface area (TPSA) is 83.7 Å². The predicted molar refractivity (Wildman–Crippen MR) is 84.0 cm³/mol. The van der Waals surface area contributed by atoms with Crippen molar-refractivity contribution in [3.63, 3.8) is 0 Å². The molecule has 0 aliphatic carbocycles. The minimum Gasteiger partial charge on any atom is -0.459 e. The number of furan rings is 1. The van der Waals surface area contributed by atoms with Crippen molar-refractivity contribution in [1.29, 1.82) is 0 Å². The van der Waals surface area contributed by atoms with Crippen molar-refractivity contribution in [2.75, 3.05) is 5.32 Å². The van der Waals surface area contributed by atoms with Crippen LogP contribution in [-0.2, 0) is 4.79 Å². The molecular weight excluding hydrogens is 306 g/mol. The van der Waals surface area contributed by atoms with Gasteiger partial charge in [0.25, 0.3) is 0 Å². The van der Waals surface area contributed by atoms with Crippen LogP contribution in [0.5, 0.6) is 0 Å². The number of rotatable bonds is 5. The van der Waals surface area contributed by atoms with Crippen molar-refractivity contribution in [2.24, 2.45) is 5.10 Å². The maximum Gasteiger partial charge on any atom is 0.307 e. The molecule has 0 saturated heterocycles. The van der Waals surface area contributed by atoms with Gasteiger partial charge in [-0.3, -0.25) is 9.59 Å². The van der Waals surface area contributed by atoms with E-state index in [1.165, 1.54) is 12.3 Å². The first-order valence-electron chi connectivity index (χ1n) is 6.47. The van der Waals surface area contributed by atoms with E-state index in [4.69, 9.17) is 16.0 Å². The van der Waals surface area contributed by atoms with Crippen LogP contribution < -0.4 is 10.7 Å². The highest BCUT2D eigenvalue weighted by atomic mass is 35.5. The zero-order chi connectivity index (χ0) is 15.9. The Morgan fingerprint density at radius 2 is 1.95 bits per heavy atom. The summed E-state index contributed by atoms with van der Waals surface area (Å²) < 4.78 is 4.93. The molecule has 1 heterocycles. The van der Waals surface area contributed by atoms with Crippen LogP contribution in [0, 0.1) is 0 Å². The number of nitrogens with zero attached hydrogens (tertiary/aromatic N) is 1. The number of anilines is 1. The summed E-state index contributed by atoms with van der Waals surface area (Å²) in [6.07, 6.45) is 1.45. The Balaban J connectivity index is 1.84. The lowest BCUT2D eigenvalue weighted by Gasteiger charge is -2.05. The molecule has 2 N–H and O–H groups in total. The Morgan fingerprint density at radius 1 is 1.23 bits per heavy atom. The fourth-order valence-corrected chi connectivity index (χ4v) is 1.75. The van der Waals surface area contributed by atoms with Gasteiger partial charge in [0.1, 0.15) is 0 Å². The van der Waals surface area contributed by atoms with Crippen LogP contribution in [-0.4, -0.2) is 17.5 Å². The molecule has 0 unspecified atom stereocenters. The molecule has 2 rings (SSSR count). The Labute approximate surface area is 132 Å². The van der Waals surface area contributed by atoms with Crippen molar-refractivity contribution in [1.82, 2.24) is 5.43 Å². The molecule has 0 spiro atoms. The third kappa shape index (κ3) is 4.75. The third-order valence-corrected chi connectivity index (χ3v) is 2.89. The second-order valence-corrected chi connectivity index (χ2v) is 4.93. The normalized spacial score (nSPS) is 11.1. The van der Waals surface area contributed by atoms with E-state index < -0.39 is 5.91 Å². The molecule has 22 heavy (non-hydrogen) atoms. The minimum atomic E-state index is -0.470. The number of hydrogen-bond acceptors (Lipinski definition) is 4. The highest BCUT2D eigenvalue weighted by Gasteiger charge is 2.08. The van der Waals surface area contributed by atoms with E-state index >= 15 is 0 Å². The molecule has 0 atom stereocenters. The molecule has 7 heteroatoms. The Morgan fingerprint density at radius 3 is 2.59 bits per heavy atom. The van der Waals surface area contributed by atoms with Gasteiger partial charge in [-0.15, -0.1) is 0 Å². The standard InChI is InChI=1S/C15H14ClN3O3/c1-10(18-19-15(21)13-3-2-8-22-13)9-14(20)17-12-6-4-11(16)5-7-12/h2-8H,9H2,1H3,(H,17,20)(H,19,21)/b18-10+. The van der Waals surface area contributed by atoms with Crippen molar-refractivity contribution in [3.8, 4) is 0 Å². The molecule has 0 fully saturated rings. The summed E-state index contributed by atoms with van der Waals surface area (Å²) >= 11 is 5.77. The molecule has 0 radical (unpaired) electrons. The molecule has 1 aromatic carbocycles. The van der Waals surface area contributed by atoms with Gasteiger partial charge in [-0.1, -0.05) is 11.6 Å². The number of hydrogen-bond donors (Lipinski definition) is 2. The Kier molecular flexibility index (Phi) is 5.32. The number of carbonyl (C=O) groups excluding carboxylic acids is 2. The van der Waals surface area contributed by atoms with Crippen LogP contribution in [0.1, 0.15) is 23.9 Å². The maximum atomic E-state index is 11.8. The Hall–Kier alpha value is -2.60. The minimum absolute atomic E-state index is 0.0566.